The van der Waals surface area contributed by atoms with Crippen LogP contribution in [0.2, 0.25) is 10.0 Å². The van der Waals surface area contributed by atoms with Crippen LogP contribution in [0.3, 0.4) is 0 Å². The van der Waals surface area contributed by atoms with E-state index in [1.165, 1.54) is 0 Å². The molecule has 0 saturated carbocycles. The number of amides is 1. The lowest BCUT2D eigenvalue weighted by atomic mass is 10.0. The zero-order valence-corrected chi connectivity index (χ0v) is 16.9. The normalized spacial score (nSPS) is 15.9. The van der Waals surface area contributed by atoms with E-state index < -0.39 is 11.6 Å². The largest absolute Gasteiger partial charge is 0.398 e. The number of hydrogen-bond acceptors (Lipinski definition) is 5. The average molecular weight is 453 g/mol. The van der Waals surface area contributed by atoms with Crippen molar-refractivity contribution in [1.82, 2.24) is 10.3 Å². The Morgan fingerprint density at radius 2 is 1.83 bits per heavy atom. The molecule has 0 aliphatic carbocycles. The van der Waals surface area contributed by atoms with E-state index in [1.807, 2.05) is 0 Å². The Morgan fingerprint density at radius 3 is 2.55 bits per heavy atom. The molecule has 0 atom stereocenters. The molecular formula is C19H12Cl2F2N4OS. The topological polar surface area (TPSA) is 70.7 Å². The standard InChI is InChI=1S/C19H12Cl2F2N4OS/c20-9-2-1-3-10(21)17(9)18-14-4-5-16(26-27(14)8-25-19(18)28)29-15-7-12(23)11(22)6-13(15)24/h1-7H,8,24H2,(H,25,28). The summed E-state index contributed by atoms with van der Waals surface area (Å²) in [5.74, 6) is -2.34. The molecule has 3 N–H and O–H groups in total. The van der Waals surface area contributed by atoms with E-state index >= 15 is 0 Å². The third kappa shape index (κ3) is 3.71. The summed E-state index contributed by atoms with van der Waals surface area (Å²) >= 11 is 13.6. The fraction of sp³-hybridized carbons (Fsp3) is 0.0526. The summed E-state index contributed by atoms with van der Waals surface area (Å²) in [5.41, 5.74) is 7.10. The Balaban J connectivity index is 1.72. The van der Waals surface area contributed by atoms with Crippen LogP contribution in [0.4, 0.5) is 14.5 Å². The molecule has 29 heavy (non-hydrogen) atoms. The summed E-state index contributed by atoms with van der Waals surface area (Å²) in [5, 5.41) is 9.90. The van der Waals surface area contributed by atoms with Crippen molar-refractivity contribution < 1.29 is 13.6 Å². The molecule has 0 fully saturated rings. The molecule has 0 bridgehead atoms. The molecule has 1 amide bonds. The molecule has 10 heteroatoms. The van der Waals surface area contributed by atoms with Crippen LogP contribution in [0.15, 0.2) is 58.2 Å². The van der Waals surface area contributed by atoms with Gasteiger partial charge in [-0.15, -0.1) is 0 Å². The second-order valence-electron chi connectivity index (χ2n) is 6.10. The fourth-order valence-corrected chi connectivity index (χ4v) is 4.33. The number of allylic oxidation sites excluding steroid dienone is 1. The van der Waals surface area contributed by atoms with Crippen LogP contribution in [0, 0.1) is 11.6 Å². The number of carbonyl (C=O) groups excluding carboxylic acids is 1. The molecule has 4 rings (SSSR count). The first kappa shape index (κ1) is 19.8. The molecule has 0 aromatic heterocycles. The van der Waals surface area contributed by atoms with E-state index in [1.54, 1.807) is 35.4 Å². The van der Waals surface area contributed by atoms with Crippen molar-refractivity contribution in [3.63, 3.8) is 0 Å². The molecule has 2 aliphatic heterocycles. The molecule has 0 radical (unpaired) electrons. The van der Waals surface area contributed by atoms with Gasteiger partial charge in [0.1, 0.15) is 11.7 Å². The zero-order chi connectivity index (χ0) is 20.7. The lowest BCUT2D eigenvalue weighted by Crippen LogP contribution is -2.42. The van der Waals surface area contributed by atoms with E-state index in [4.69, 9.17) is 28.9 Å². The molecule has 2 aromatic carbocycles. The van der Waals surface area contributed by atoms with Gasteiger partial charge in [-0.3, -0.25) is 4.79 Å². The number of nitrogens with two attached hydrogens (primary N) is 1. The number of rotatable bonds is 2. The minimum Gasteiger partial charge on any atom is -0.398 e. The van der Waals surface area contributed by atoms with E-state index in [9.17, 15) is 13.6 Å². The monoisotopic (exact) mass is 452 g/mol. The number of thioether (sulfide) groups is 1. The summed E-state index contributed by atoms with van der Waals surface area (Å²) in [7, 11) is 0. The first-order valence-corrected chi connectivity index (χ1v) is 9.86. The van der Waals surface area contributed by atoms with Crippen LogP contribution in [-0.4, -0.2) is 22.6 Å². The van der Waals surface area contributed by atoms with Gasteiger partial charge in [0, 0.05) is 22.2 Å². The Morgan fingerprint density at radius 1 is 1.14 bits per heavy atom. The Hall–Kier alpha value is -2.55. The predicted octanol–water partition coefficient (Wildman–Crippen LogP) is 4.63. The molecule has 148 valence electrons. The highest BCUT2D eigenvalue weighted by Crippen LogP contribution is 2.37. The number of nitrogen functional groups attached to an aromatic ring is 1. The van der Waals surface area contributed by atoms with Crippen LogP contribution >= 0.6 is 35.0 Å². The Labute approximate surface area is 178 Å². The number of hydrazone groups is 1. The van der Waals surface area contributed by atoms with Gasteiger partial charge >= 0.3 is 0 Å². The summed E-state index contributed by atoms with van der Waals surface area (Å²) in [6.45, 7) is 0.126. The Kier molecular flexibility index (Phi) is 5.24. The highest BCUT2D eigenvalue weighted by Gasteiger charge is 2.30. The van der Waals surface area contributed by atoms with Crippen LogP contribution in [0.5, 0.6) is 0 Å². The quantitative estimate of drug-likeness (QED) is 0.651. The highest BCUT2D eigenvalue weighted by molar-refractivity contribution is 8.14. The highest BCUT2D eigenvalue weighted by atomic mass is 35.5. The molecule has 0 spiro atoms. The first-order chi connectivity index (χ1) is 13.8. The summed E-state index contributed by atoms with van der Waals surface area (Å²) in [4.78, 5) is 12.9. The summed E-state index contributed by atoms with van der Waals surface area (Å²) in [6, 6.07) is 6.92. The number of anilines is 1. The SMILES string of the molecule is Nc1cc(F)c(F)cc1SC1=NN2CNC(=O)C(c3c(Cl)cccc3Cl)=C2C=C1. The van der Waals surface area contributed by atoms with Gasteiger partial charge in [-0.2, -0.15) is 5.10 Å². The second-order valence-corrected chi connectivity index (χ2v) is 7.97. The van der Waals surface area contributed by atoms with Crippen molar-refractivity contribution in [3.8, 4) is 0 Å². The molecule has 2 aliphatic rings. The van der Waals surface area contributed by atoms with Crippen molar-refractivity contribution in [2.45, 2.75) is 4.90 Å². The number of fused-ring (bicyclic) bond motifs is 1. The number of nitrogens with one attached hydrogen (secondary N) is 1. The van der Waals surface area contributed by atoms with Crippen LogP contribution < -0.4 is 11.1 Å². The number of hydrogen-bond donors (Lipinski definition) is 2. The van der Waals surface area contributed by atoms with Crippen LogP contribution in [0.1, 0.15) is 5.56 Å². The van der Waals surface area contributed by atoms with E-state index in [0.717, 1.165) is 23.9 Å². The second kappa shape index (κ2) is 7.70. The lowest BCUT2D eigenvalue weighted by molar-refractivity contribution is -0.116. The van der Waals surface area contributed by atoms with Crippen molar-refractivity contribution >= 4 is 57.2 Å². The van der Waals surface area contributed by atoms with Gasteiger partial charge < -0.3 is 11.1 Å². The van der Waals surface area contributed by atoms with Gasteiger partial charge in [-0.25, -0.2) is 13.8 Å². The number of benzene rings is 2. The van der Waals surface area contributed by atoms with Gasteiger partial charge in [0.2, 0.25) is 0 Å². The lowest BCUT2D eigenvalue weighted by Gasteiger charge is -2.31. The zero-order valence-electron chi connectivity index (χ0n) is 14.5. The maximum atomic E-state index is 13.5. The number of carbonyl (C=O) groups is 1. The molecular weight excluding hydrogens is 441 g/mol. The first-order valence-electron chi connectivity index (χ1n) is 8.28. The Bertz CT molecular complexity index is 1110. The predicted molar refractivity (Wildman–Crippen MR) is 111 cm³/mol. The van der Waals surface area contributed by atoms with Crippen molar-refractivity contribution in [2.24, 2.45) is 5.10 Å². The summed E-state index contributed by atoms with van der Waals surface area (Å²) < 4.78 is 26.8. The van der Waals surface area contributed by atoms with E-state index in [-0.39, 0.29) is 18.3 Å². The third-order valence-electron chi connectivity index (χ3n) is 4.23. The minimum atomic E-state index is -1.02. The van der Waals surface area contributed by atoms with Crippen molar-refractivity contribution in [1.29, 1.82) is 0 Å². The molecule has 0 unspecified atom stereocenters. The van der Waals surface area contributed by atoms with Crippen LogP contribution in [0.25, 0.3) is 5.57 Å². The smallest absolute Gasteiger partial charge is 0.255 e. The van der Waals surface area contributed by atoms with Gasteiger partial charge in [0.25, 0.3) is 5.91 Å². The molecule has 2 heterocycles. The van der Waals surface area contributed by atoms with E-state index in [2.05, 4.69) is 10.4 Å². The van der Waals surface area contributed by atoms with Gasteiger partial charge in [-0.1, -0.05) is 41.0 Å². The average Bonchev–Trinajstić information content (AvgIpc) is 2.67. The molecule has 0 saturated heterocycles. The van der Waals surface area contributed by atoms with Gasteiger partial charge in [0.05, 0.1) is 21.3 Å². The number of halogens is 4. The van der Waals surface area contributed by atoms with Gasteiger partial charge in [-0.05, 0) is 30.4 Å². The fourth-order valence-electron chi connectivity index (χ4n) is 2.90. The maximum absolute atomic E-state index is 13.5. The minimum absolute atomic E-state index is 0.0989. The van der Waals surface area contributed by atoms with Crippen molar-refractivity contribution in [2.75, 3.05) is 12.4 Å². The van der Waals surface area contributed by atoms with Crippen LogP contribution in [-0.2, 0) is 4.79 Å². The maximum Gasteiger partial charge on any atom is 0.255 e. The molecule has 2 aromatic rings. The summed E-state index contributed by atoms with van der Waals surface area (Å²) in [6.07, 6.45) is 3.35. The number of nitrogens with zero attached hydrogens (tertiary/aromatic N) is 2. The van der Waals surface area contributed by atoms with Crippen molar-refractivity contribution in [3.05, 3.63) is 75.4 Å². The molecule has 5 nitrogen and oxygen atoms in total. The third-order valence-corrected chi connectivity index (χ3v) is 5.86. The van der Waals surface area contributed by atoms with Gasteiger partial charge in [0.15, 0.2) is 11.6 Å². The van der Waals surface area contributed by atoms with E-state index in [0.29, 0.717) is 36.8 Å².